The van der Waals surface area contributed by atoms with Crippen LogP contribution in [0.3, 0.4) is 0 Å². The summed E-state index contributed by atoms with van der Waals surface area (Å²) in [5.41, 5.74) is 1.80. The van der Waals surface area contributed by atoms with Crippen molar-refractivity contribution in [2.24, 2.45) is 0 Å². The first-order valence-electron chi connectivity index (χ1n) is 9.97. The molecule has 1 atom stereocenters. The molecule has 0 aliphatic carbocycles. The highest BCUT2D eigenvalue weighted by molar-refractivity contribution is 5.96. The maximum atomic E-state index is 11.6. The standard InChI is InChI=1S/C21H26N2O3.C2H4O2.2ClH/c1-17(24)20-9-5-6-10-21(20)26-16-19(25)15-22-11-13-23(14-12-22)18-7-3-2-4-8-18;1-2(3)4;;/h2-10,19,25H,11-16H2,1H3;1H3,(H,3,4);2*1H/p-1. The Balaban J connectivity index is 0.00000148. The van der Waals surface area contributed by atoms with Crippen molar-refractivity contribution in [2.75, 3.05) is 44.2 Å². The van der Waals surface area contributed by atoms with Crippen molar-refractivity contribution in [1.82, 2.24) is 4.90 Å². The van der Waals surface area contributed by atoms with Gasteiger partial charge in [-0.3, -0.25) is 9.69 Å². The molecule has 2 aromatic carbocycles. The van der Waals surface area contributed by atoms with Crippen LogP contribution in [-0.4, -0.2) is 67.2 Å². The predicted molar refractivity (Wildman–Crippen MR) is 128 cm³/mol. The fourth-order valence-corrected chi connectivity index (χ4v) is 3.25. The minimum Gasteiger partial charge on any atom is -0.550 e. The van der Waals surface area contributed by atoms with Crippen LogP contribution in [0.1, 0.15) is 24.2 Å². The normalized spacial score (nSPS) is 14.0. The van der Waals surface area contributed by atoms with E-state index < -0.39 is 12.1 Å². The maximum absolute atomic E-state index is 11.6. The molecule has 0 spiro atoms. The van der Waals surface area contributed by atoms with Crippen LogP contribution >= 0.6 is 24.8 Å². The summed E-state index contributed by atoms with van der Waals surface area (Å²) in [5, 5.41) is 19.2. The van der Waals surface area contributed by atoms with Crippen LogP contribution in [0.2, 0.25) is 0 Å². The van der Waals surface area contributed by atoms with E-state index in [-0.39, 0.29) is 37.2 Å². The Morgan fingerprint density at radius 3 is 2.06 bits per heavy atom. The molecular weight excluding hydrogens is 455 g/mol. The number of aliphatic hydroxyl groups is 1. The Bertz CT molecular complexity index is 811. The Hall–Kier alpha value is -2.32. The number of para-hydroxylation sites is 2. The lowest BCUT2D eigenvalue weighted by Crippen LogP contribution is -2.49. The molecule has 1 N–H and O–H groups in total. The third kappa shape index (κ3) is 10.3. The van der Waals surface area contributed by atoms with E-state index in [9.17, 15) is 9.90 Å². The third-order valence-electron chi connectivity index (χ3n) is 4.66. The topological polar surface area (TPSA) is 93.1 Å². The van der Waals surface area contributed by atoms with E-state index in [0.717, 1.165) is 33.1 Å². The second-order valence-corrected chi connectivity index (χ2v) is 7.13. The highest BCUT2D eigenvalue weighted by Gasteiger charge is 2.20. The summed E-state index contributed by atoms with van der Waals surface area (Å²) in [6.07, 6.45) is -0.585. The van der Waals surface area contributed by atoms with Gasteiger partial charge in [-0.15, -0.1) is 24.8 Å². The number of hydrogen-bond acceptors (Lipinski definition) is 7. The number of ketones is 1. The highest BCUT2D eigenvalue weighted by Crippen LogP contribution is 2.19. The molecule has 9 heteroatoms. The van der Waals surface area contributed by atoms with Crippen molar-refractivity contribution in [3.8, 4) is 5.75 Å². The number of rotatable bonds is 7. The van der Waals surface area contributed by atoms with Crippen LogP contribution in [0.4, 0.5) is 5.69 Å². The molecule has 1 fully saturated rings. The zero-order valence-electron chi connectivity index (χ0n) is 18.3. The zero-order valence-corrected chi connectivity index (χ0v) is 19.9. The number of aliphatic hydroxyl groups excluding tert-OH is 1. The van der Waals surface area contributed by atoms with Gasteiger partial charge in [-0.05, 0) is 38.1 Å². The minimum atomic E-state index is -1.08. The minimum absolute atomic E-state index is 0. The summed E-state index contributed by atoms with van der Waals surface area (Å²) >= 11 is 0. The van der Waals surface area contributed by atoms with Crippen molar-refractivity contribution < 1.29 is 24.5 Å². The van der Waals surface area contributed by atoms with E-state index in [1.807, 2.05) is 18.2 Å². The largest absolute Gasteiger partial charge is 0.550 e. The predicted octanol–water partition coefficient (Wildman–Crippen LogP) is 2.05. The van der Waals surface area contributed by atoms with Gasteiger partial charge in [0.05, 0.1) is 5.56 Å². The monoisotopic (exact) mass is 485 g/mol. The molecular formula is C23H31Cl2N2O5-. The number of piperazine rings is 1. The summed E-state index contributed by atoms with van der Waals surface area (Å²) in [6, 6.07) is 17.6. The summed E-state index contributed by atoms with van der Waals surface area (Å²) in [7, 11) is 0. The van der Waals surface area contributed by atoms with E-state index in [0.29, 0.717) is 17.9 Å². The number of carbonyl (C=O) groups excluding carboxylic acids is 2. The maximum Gasteiger partial charge on any atom is 0.163 e. The lowest BCUT2D eigenvalue weighted by atomic mass is 10.1. The Morgan fingerprint density at radius 1 is 0.969 bits per heavy atom. The molecule has 1 aliphatic heterocycles. The van der Waals surface area contributed by atoms with Gasteiger partial charge in [-0.1, -0.05) is 30.3 Å². The Labute approximate surface area is 201 Å². The van der Waals surface area contributed by atoms with E-state index in [2.05, 4.69) is 34.1 Å². The molecule has 3 rings (SSSR count). The number of Topliss-reactive ketones (excluding diaryl/α,β-unsaturated/α-hetero) is 1. The zero-order chi connectivity index (χ0) is 21.9. The Kier molecular flexibility index (Phi) is 14.4. The smallest absolute Gasteiger partial charge is 0.163 e. The van der Waals surface area contributed by atoms with Crippen molar-refractivity contribution >= 4 is 42.3 Å². The second-order valence-electron chi connectivity index (χ2n) is 7.13. The SMILES string of the molecule is CC(=O)[O-].CC(=O)c1ccccc1OCC(O)CN1CCN(c2ccccc2)CC1.Cl.Cl. The molecule has 2 aromatic rings. The fraction of sp³-hybridized carbons (Fsp3) is 0.391. The number of benzene rings is 2. The first-order valence-corrected chi connectivity index (χ1v) is 9.97. The van der Waals surface area contributed by atoms with Gasteiger partial charge in [-0.2, -0.15) is 0 Å². The number of carbonyl (C=O) groups is 2. The number of carboxylic acids is 1. The first kappa shape index (κ1) is 29.7. The van der Waals surface area contributed by atoms with Gasteiger partial charge >= 0.3 is 0 Å². The summed E-state index contributed by atoms with van der Waals surface area (Å²) in [5.74, 6) is -0.583. The second kappa shape index (κ2) is 15.5. The molecule has 0 bridgehead atoms. The summed E-state index contributed by atoms with van der Waals surface area (Å²) < 4.78 is 5.68. The van der Waals surface area contributed by atoms with Gasteiger partial charge in [-0.25, -0.2) is 0 Å². The molecule has 32 heavy (non-hydrogen) atoms. The first-order chi connectivity index (χ1) is 14.4. The number of anilines is 1. The van der Waals surface area contributed by atoms with Crippen molar-refractivity contribution in [2.45, 2.75) is 20.0 Å². The number of β-amino-alcohol motifs (C(OH)–C–C–N with tert-alkyl or cyclic N) is 1. The average molecular weight is 486 g/mol. The van der Waals surface area contributed by atoms with Crippen LogP contribution in [0.15, 0.2) is 54.6 Å². The van der Waals surface area contributed by atoms with E-state index in [1.165, 1.54) is 12.6 Å². The quantitative estimate of drug-likeness (QED) is 0.599. The van der Waals surface area contributed by atoms with Gasteiger partial charge < -0.3 is 24.6 Å². The van der Waals surface area contributed by atoms with Crippen molar-refractivity contribution in [3.05, 3.63) is 60.2 Å². The van der Waals surface area contributed by atoms with Gasteiger partial charge in [0.1, 0.15) is 18.5 Å². The highest BCUT2D eigenvalue weighted by atomic mass is 35.5. The molecule has 7 nitrogen and oxygen atoms in total. The number of halogens is 2. The van der Waals surface area contributed by atoms with Gasteiger partial charge in [0, 0.05) is 44.4 Å². The van der Waals surface area contributed by atoms with E-state index in [4.69, 9.17) is 14.6 Å². The van der Waals surface area contributed by atoms with Gasteiger partial charge in [0.15, 0.2) is 5.78 Å². The molecule has 1 aliphatic rings. The van der Waals surface area contributed by atoms with Crippen LogP contribution in [0.5, 0.6) is 5.75 Å². The van der Waals surface area contributed by atoms with Crippen LogP contribution in [-0.2, 0) is 4.79 Å². The number of ether oxygens (including phenoxy) is 1. The van der Waals surface area contributed by atoms with E-state index >= 15 is 0 Å². The third-order valence-corrected chi connectivity index (χ3v) is 4.66. The van der Waals surface area contributed by atoms with Gasteiger partial charge in [0.25, 0.3) is 0 Å². The van der Waals surface area contributed by atoms with Crippen LogP contribution in [0.25, 0.3) is 0 Å². The lowest BCUT2D eigenvalue weighted by Gasteiger charge is -2.36. The summed E-state index contributed by atoms with van der Waals surface area (Å²) in [6.45, 7) is 6.97. The van der Waals surface area contributed by atoms with Crippen molar-refractivity contribution in [3.63, 3.8) is 0 Å². The van der Waals surface area contributed by atoms with Crippen LogP contribution < -0.4 is 14.7 Å². The number of nitrogens with zero attached hydrogens (tertiary/aromatic N) is 2. The molecule has 0 amide bonds. The summed E-state index contributed by atoms with van der Waals surface area (Å²) in [4.78, 5) is 25.1. The van der Waals surface area contributed by atoms with E-state index in [1.54, 1.807) is 12.1 Å². The molecule has 1 heterocycles. The molecule has 0 radical (unpaired) electrons. The number of aliphatic carboxylic acids is 1. The molecule has 178 valence electrons. The van der Waals surface area contributed by atoms with Crippen LogP contribution in [0, 0.1) is 0 Å². The fourth-order valence-electron chi connectivity index (χ4n) is 3.25. The molecule has 1 saturated heterocycles. The lowest BCUT2D eigenvalue weighted by molar-refractivity contribution is -0.302. The average Bonchev–Trinajstić information content (AvgIpc) is 2.73. The molecule has 0 saturated carbocycles. The molecule has 1 unspecified atom stereocenters. The van der Waals surface area contributed by atoms with Gasteiger partial charge in [0.2, 0.25) is 0 Å². The Morgan fingerprint density at radius 2 is 1.50 bits per heavy atom. The number of hydrogen-bond donors (Lipinski definition) is 1. The molecule has 0 aromatic heterocycles. The van der Waals surface area contributed by atoms with Crippen molar-refractivity contribution in [1.29, 1.82) is 0 Å². The number of carboxylic acid groups (broad SMARTS) is 1.